The van der Waals surface area contributed by atoms with Crippen LogP contribution in [0.4, 0.5) is 5.13 Å². The van der Waals surface area contributed by atoms with E-state index >= 15 is 0 Å². The third-order valence-electron chi connectivity index (χ3n) is 3.07. The maximum atomic E-state index is 10.8. The molecule has 88 valence electrons. The van der Waals surface area contributed by atoms with E-state index in [1.807, 2.05) is 0 Å². The van der Waals surface area contributed by atoms with E-state index in [9.17, 15) is 4.79 Å². The Bertz CT molecular complexity index is 391. The van der Waals surface area contributed by atoms with Gasteiger partial charge in [-0.15, -0.1) is 0 Å². The second-order valence-electron chi connectivity index (χ2n) is 4.50. The molecule has 0 aromatic carbocycles. The quantitative estimate of drug-likeness (QED) is 0.862. The lowest BCUT2D eigenvalue weighted by Gasteiger charge is -2.36. The summed E-state index contributed by atoms with van der Waals surface area (Å²) in [6, 6.07) is 0.462. The first-order chi connectivity index (χ1) is 7.58. The van der Waals surface area contributed by atoms with E-state index in [4.69, 9.17) is 5.11 Å². The van der Waals surface area contributed by atoms with Crippen molar-refractivity contribution in [2.45, 2.75) is 32.7 Å². The molecule has 0 radical (unpaired) electrons. The lowest BCUT2D eigenvalue weighted by Crippen LogP contribution is -2.40. The third-order valence-corrected chi connectivity index (χ3v) is 4.09. The Labute approximate surface area is 98.9 Å². The first kappa shape index (κ1) is 11.4. The van der Waals surface area contributed by atoms with E-state index in [2.05, 4.69) is 23.7 Å². The second-order valence-corrected chi connectivity index (χ2v) is 5.51. The predicted molar refractivity (Wildman–Crippen MR) is 64.3 cm³/mol. The Balaban J connectivity index is 2.18. The van der Waals surface area contributed by atoms with E-state index in [1.165, 1.54) is 24.0 Å². The van der Waals surface area contributed by atoms with Crippen LogP contribution in [0.3, 0.4) is 0 Å². The van der Waals surface area contributed by atoms with Crippen molar-refractivity contribution in [2.75, 3.05) is 11.4 Å². The first-order valence-electron chi connectivity index (χ1n) is 5.53. The summed E-state index contributed by atoms with van der Waals surface area (Å²) < 4.78 is 0. The van der Waals surface area contributed by atoms with Crippen LogP contribution in [0.1, 0.15) is 36.4 Å². The normalized spacial score (nSPS) is 25.8. The van der Waals surface area contributed by atoms with Crippen LogP contribution >= 0.6 is 11.3 Å². The zero-order chi connectivity index (χ0) is 11.7. The highest BCUT2D eigenvalue weighted by Gasteiger charge is 2.25. The predicted octanol–water partition coefficient (Wildman–Crippen LogP) is 2.47. The third kappa shape index (κ3) is 2.19. The summed E-state index contributed by atoms with van der Waals surface area (Å²) in [7, 11) is 0. The molecule has 1 aliphatic rings. The molecule has 0 aliphatic carbocycles. The highest BCUT2D eigenvalue weighted by atomic mass is 32.1. The van der Waals surface area contributed by atoms with Crippen molar-refractivity contribution < 1.29 is 9.90 Å². The number of anilines is 1. The average molecular weight is 240 g/mol. The van der Waals surface area contributed by atoms with Gasteiger partial charge in [0, 0.05) is 12.6 Å². The Morgan fingerprint density at radius 1 is 1.56 bits per heavy atom. The number of carbonyl (C=O) groups is 1. The molecular weight excluding hydrogens is 224 g/mol. The zero-order valence-electron chi connectivity index (χ0n) is 9.51. The minimum absolute atomic E-state index is 0.320. The van der Waals surface area contributed by atoms with E-state index in [1.54, 1.807) is 0 Å². The number of aromatic nitrogens is 1. The van der Waals surface area contributed by atoms with Crippen molar-refractivity contribution in [3.8, 4) is 0 Å². The molecule has 1 aromatic rings. The maximum absolute atomic E-state index is 10.8. The molecule has 16 heavy (non-hydrogen) atoms. The monoisotopic (exact) mass is 240 g/mol. The standard InChI is InChI=1S/C11H16N2O2S/c1-7-3-4-8(2)13(6-7)11-12-5-9(16-11)10(14)15/h5,7-8H,3-4,6H2,1-2H3,(H,14,15). The summed E-state index contributed by atoms with van der Waals surface area (Å²) in [6.07, 6.45) is 3.85. The molecule has 2 heterocycles. The summed E-state index contributed by atoms with van der Waals surface area (Å²) in [5.41, 5.74) is 0. The Morgan fingerprint density at radius 2 is 2.31 bits per heavy atom. The number of hydrogen-bond donors (Lipinski definition) is 1. The molecule has 1 saturated heterocycles. The maximum Gasteiger partial charge on any atom is 0.347 e. The van der Waals surface area contributed by atoms with Gasteiger partial charge in [0.1, 0.15) is 4.88 Å². The van der Waals surface area contributed by atoms with Crippen LogP contribution < -0.4 is 4.90 Å². The van der Waals surface area contributed by atoms with Crippen molar-refractivity contribution in [1.82, 2.24) is 4.98 Å². The van der Waals surface area contributed by atoms with Crippen molar-refractivity contribution in [3.05, 3.63) is 11.1 Å². The van der Waals surface area contributed by atoms with Gasteiger partial charge in [0.05, 0.1) is 6.20 Å². The molecule has 2 atom stereocenters. The molecule has 0 spiro atoms. The van der Waals surface area contributed by atoms with Gasteiger partial charge < -0.3 is 10.0 Å². The minimum atomic E-state index is -0.888. The topological polar surface area (TPSA) is 53.4 Å². The molecule has 2 unspecified atom stereocenters. The highest BCUT2D eigenvalue weighted by molar-refractivity contribution is 7.17. The highest BCUT2D eigenvalue weighted by Crippen LogP contribution is 2.30. The van der Waals surface area contributed by atoms with Crippen LogP contribution in [0.15, 0.2) is 6.20 Å². The van der Waals surface area contributed by atoms with E-state index in [0.717, 1.165) is 18.1 Å². The molecule has 1 aliphatic heterocycles. The average Bonchev–Trinajstić information content (AvgIpc) is 2.70. The largest absolute Gasteiger partial charge is 0.477 e. The van der Waals surface area contributed by atoms with Gasteiger partial charge in [-0.25, -0.2) is 9.78 Å². The fourth-order valence-corrected chi connectivity index (χ4v) is 2.92. The van der Waals surface area contributed by atoms with Crippen LogP contribution in [0.25, 0.3) is 0 Å². The van der Waals surface area contributed by atoms with E-state index in [-0.39, 0.29) is 0 Å². The van der Waals surface area contributed by atoms with Crippen molar-refractivity contribution in [2.24, 2.45) is 5.92 Å². The number of piperidine rings is 1. The van der Waals surface area contributed by atoms with Gasteiger partial charge in [0.25, 0.3) is 0 Å². The molecule has 0 saturated carbocycles. The van der Waals surface area contributed by atoms with Crippen molar-refractivity contribution >= 4 is 22.4 Å². The fourth-order valence-electron chi connectivity index (χ4n) is 2.05. The molecule has 1 N–H and O–H groups in total. The molecular formula is C11H16N2O2S. The smallest absolute Gasteiger partial charge is 0.347 e. The lowest BCUT2D eigenvalue weighted by atomic mass is 9.96. The lowest BCUT2D eigenvalue weighted by molar-refractivity contribution is 0.0702. The van der Waals surface area contributed by atoms with Crippen LogP contribution in [0.5, 0.6) is 0 Å². The van der Waals surface area contributed by atoms with Crippen LogP contribution in [-0.2, 0) is 0 Å². The van der Waals surface area contributed by atoms with Crippen LogP contribution in [0.2, 0.25) is 0 Å². The van der Waals surface area contributed by atoms with Gasteiger partial charge in [-0.05, 0) is 25.7 Å². The van der Waals surface area contributed by atoms with Gasteiger partial charge in [-0.1, -0.05) is 18.3 Å². The number of aromatic carboxylic acids is 1. The molecule has 2 rings (SSSR count). The van der Waals surface area contributed by atoms with Gasteiger partial charge >= 0.3 is 5.97 Å². The number of thiazole rings is 1. The van der Waals surface area contributed by atoms with Gasteiger partial charge in [0.2, 0.25) is 0 Å². The Hall–Kier alpha value is -1.10. The summed E-state index contributed by atoms with van der Waals surface area (Å²) in [4.78, 5) is 17.6. The van der Waals surface area contributed by atoms with Crippen molar-refractivity contribution in [3.63, 3.8) is 0 Å². The molecule has 0 amide bonds. The molecule has 1 aromatic heterocycles. The number of rotatable bonds is 2. The van der Waals surface area contributed by atoms with Crippen LogP contribution in [-0.4, -0.2) is 28.6 Å². The number of nitrogens with zero attached hydrogens (tertiary/aromatic N) is 2. The number of carboxylic acid groups (broad SMARTS) is 1. The number of carboxylic acids is 1. The van der Waals surface area contributed by atoms with Crippen molar-refractivity contribution in [1.29, 1.82) is 0 Å². The first-order valence-corrected chi connectivity index (χ1v) is 6.35. The summed E-state index contributed by atoms with van der Waals surface area (Å²) >= 11 is 1.27. The van der Waals surface area contributed by atoms with Crippen LogP contribution in [0, 0.1) is 5.92 Å². The van der Waals surface area contributed by atoms with Gasteiger partial charge in [-0.3, -0.25) is 0 Å². The molecule has 0 bridgehead atoms. The van der Waals surface area contributed by atoms with E-state index in [0.29, 0.717) is 16.8 Å². The fraction of sp³-hybridized carbons (Fsp3) is 0.636. The molecule has 1 fully saturated rings. The molecule has 5 heteroatoms. The van der Waals surface area contributed by atoms with E-state index < -0.39 is 5.97 Å². The number of hydrogen-bond acceptors (Lipinski definition) is 4. The summed E-state index contributed by atoms with van der Waals surface area (Å²) in [5.74, 6) is -0.227. The SMILES string of the molecule is CC1CCC(C)N(c2ncc(C(=O)O)s2)C1. The summed E-state index contributed by atoms with van der Waals surface area (Å²) in [5, 5.41) is 9.71. The van der Waals surface area contributed by atoms with Gasteiger partial charge in [-0.2, -0.15) is 0 Å². The Morgan fingerprint density at radius 3 is 2.94 bits per heavy atom. The zero-order valence-corrected chi connectivity index (χ0v) is 10.3. The Kier molecular flexibility index (Phi) is 3.14. The second kappa shape index (κ2) is 4.41. The molecule has 4 nitrogen and oxygen atoms in total. The minimum Gasteiger partial charge on any atom is -0.477 e. The summed E-state index contributed by atoms with van der Waals surface area (Å²) in [6.45, 7) is 5.38. The van der Waals surface area contributed by atoms with Gasteiger partial charge in [0.15, 0.2) is 5.13 Å².